The molecule has 4 heteroatoms. The lowest BCUT2D eigenvalue weighted by atomic mass is 9.84. The molecular formula is C14H29N3O. The summed E-state index contributed by atoms with van der Waals surface area (Å²) >= 11 is 0. The first-order valence-corrected chi connectivity index (χ1v) is 7.51. The van der Waals surface area contributed by atoms with E-state index in [0.29, 0.717) is 12.0 Å². The van der Waals surface area contributed by atoms with E-state index in [1.165, 1.54) is 38.8 Å². The molecule has 1 aliphatic heterocycles. The summed E-state index contributed by atoms with van der Waals surface area (Å²) in [5.41, 5.74) is 5.92. The van der Waals surface area contributed by atoms with Gasteiger partial charge in [0.05, 0.1) is 13.2 Å². The number of hydrogen-bond donors (Lipinski definition) is 1. The quantitative estimate of drug-likeness (QED) is 0.788. The molecule has 0 aromatic rings. The van der Waals surface area contributed by atoms with Crippen molar-refractivity contribution in [3.05, 3.63) is 0 Å². The van der Waals surface area contributed by atoms with Crippen molar-refractivity contribution in [2.45, 2.75) is 31.7 Å². The van der Waals surface area contributed by atoms with Crippen molar-refractivity contribution in [1.29, 1.82) is 0 Å². The predicted molar refractivity (Wildman–Crippen MR) is 74.7 cm³/mol. The highest BCUT2D eigenvalue weighted by Crippen LogP contribution is 2.26. The van der Waals surface area contributed by atoms with Crippen molar-refractivity contribution >= 4 is 0 Å². The first-order chi connectivity index (χ1) is 8.81. The molecule has 2 rings (SSSR count). The lowest BCUT2D eigenvalue weighted by molar-refractivity contribution is 0.0291. The Morgan fingerprint density at radius 1 is 1.22 bits per heavy atom. The topological polar surface area (TPSA) is 41.7 Å². The summed E-state index contributed by atoms with van der Waals surface area (Å²) in [5, 5.41) is 0. The number of ether oxygens (including phenoxy) is 1. The third-order valence-electron chi connectivity index (χ3n) is 4.61. The van der Waals surface area contributed by atoms with Crippen molar-refractivity contribution in [3.63, 3.8) is 0 Å². The third kappa shape index (κ3) is 3.92. The third-order valence-corrected chi connectivity index (χ3v) is 4.61. The van der Waals surface area contributed by atoms with Crippen LogP contribution in [0, 0.1) is 5.92 Å². The second-order valence-electron chi connectivity index (χ2n) is 5.78. The van der Waals surface area contributed by atoms with E-state index in [0.717, 1.165) is 32.8 Å². The lowest BCUT2D eigenvalue weighted by Crippen LogP contribution is -2.47. The van der Waals surface area contributed by atoms with Crippen molar-refractivity contribution in [3.8, 4) is 0 Å². The standard InChI is InChI=1S/C14H29N3O/c1-16(6-7-17-8-10-18-11-9-17)14-5-3-2-4-13(14)12-15/h13-14H,2-12,15H2,1H3. The number of nitrogens with zero attached hydrogens (tertiary/aromatic N) is 2. The van der Waals surface area contributed by atoms with Gasteiger partial charge in [-0.25, -0.2) is 0 Å². The molecule has 1 saturated carbocycles. The van der Waals surface area contributed by atoms with Gasteiger partial charge in [0.2, 0.25) is 0 Å². The van der Waals surface area contributed by atoms with Crippen LogP contribution in [0.25, 0.3) is 0 Å². The Bertz CT molecular complexity index is 231. The number of rotatable bonds is 5. The Kier molecular flexibility index (Phi) is 5.89. The van der Waals surface area contributed by atoms with Crippen LogP contribution in [0.4, 0.5) is 0 Å². The van der Waals surface area contributed by atoms with Gasteiger partial charge in [0.15, 0.2) is 0 Å². The second kappa shape index (κ2) is 7.43. The van der Waals surface area contributed by atoms with Gasteiger partial charge in [-0.15, -0.1) is 0 Å². The van der Waals surface area contributed by atoms with Crippen LogP contribution in [0.5, 0.6) is 0 Å². The molecule has 18 heavy (non-hydrogen) atoms. The summed E-state index contributed by atoms with van der Waals surface area (Å²) in [5.74, 6) is 0.716. The van der Waals surface area contributed by atoms with E-state index in [1.54, 1.807) is 0 Å². The zero-order valence-corrected chi connectivity index (χ0v) is 11.8. The van der Waals surface area contributed by atoms with Gasteiger partial charge in [0, 0.05) is 32.2 Å². The maximum absolute atomic E-state index is 5.92. The molecule has 0 radical (unpaired) electrons. The van der Waals surface area contributed by atoms with Gasteiger partial charge < -0.3 is 15.4 Å². The second-order valence-corrected chi connectivity index (χ2v) is 5.78. The van der Waals surface area contributed by atoms with Crippen LogP contribution in [0.15, 0.2) is 0 Å². The first kappa shape index (κ1) is 14.3. The minimum Gasteiger partial charge on any atom is -0.379 e. The summed E-state index contributed by atoms with van der Waals surface area (Å²) in [6.07, 6.45) is 5.41. The van der Waals surface area contributed by atoms with Crippen molar-refractivity contribution < 1.29 is 4.74 Å². The normalized spacial score (nSPS) is 30.8. The van der Waals surface area contributed by atoms with Gasteiger partial charge in [-0.3, -0.25) is 4.90 Å². The van der Waals surface area contributed by atoms with Gasteiger partial charge in [-0.05, 0) is 32.4 Å². The number of hydrogen-bond acceptors (Lipinski definition) is 4. The van der Waals surface area contributed by atoms with E-state index < -0.39 is 0 Å². The van der Waals surface area contributed by atoms with Crippen LogP contribution in [0.3, 0.4) is 0 Å². The Morgan fingerprint density at radius 2 is 1.94 bits per heavy atom. The molecule has 0 aromatic heterocycles. The molecule has 0 aromatic carbocycles. The highest BCUT2D eigenvalue weighted by Gasteiger charge is 2.27. The molecule has 1 aliphatic carbocycles. The Balaban J connectivity index is 1.73. The number of nitrogens with two attached hydrogens (primary N) is 1. The molecule has 2 aliphatic rings. The minimum atomic E-state index is 0.713. The first-order valence-electron chi connectivity index (χ1n) is 7.51. The molecule has 0 spiro atoms. The summed E-state index contributed by atoms with van der Waals surface area (Å²) in [6, 6.07) is 0.713. The molecule has 2 N–H and O–H groups in total. The fourth-order valence-corrected chi connectivity index (χ4v) is 3.33. The van der Waals surface area contributed by atoms with Gasteiger partial charge in [-0.2, -0.15) is 0 Å². The zero-order chi connectivity index (χ0) is 12.8. The molecule has 106 valence electrons. The molecule has 1 saturated heterocycles. The van der Waals surface area contributed by atoms with E-state index in [2.05, 4.69) is 16.8 Å². The maximum Gasteiger partial charge on any atom is 0.0594 e. The van der Waals surface area contributed by atoms with Crippen LogP contribution in [0.1, 0.15) is 25.7 Å². The Morgan fingerprint density at radius 3 is 2.67 bits per heavy atom. The van der Waals surface area contributed by atoms with Crippen molar-refractivity contribution in [2.75, 3.05) is 53.0 Å². The molecule has 2 atom stereocenters. The number of morpholine rings is 1. The van der Waals surface area contributed by atoms with E-state index in [9.17, 15) is 0 Å². The SMILES string of the molecule is CN(CCN1CCOCC1)C1CCCCC1CN. The van der Waals surface area contributed by atoms with Crippen molar-refractivity contribution in [1.82, 2.24) is 9.80 Å². The molecule has 1 heterocycles. The minimum absolute atomic E-state index is 0.713. The fraction of sp³-hybridized carbons (Fsp3) is 1.00. The monoisotopic (exact) mass is 255 g/mol. The molecule has 0 bridgehead atoms. The zero-order valence-electron chi connectivity index (χ0n) is 11.8. The van der Waals surface area contributed by atoms with Gasteiger partial charge in [0.1, 0.15) is 0 Å². The Labute approximate surface area is 111 Å². The molecule has 2 fully saturated rings. The summed E-state index contributed by atoms with van der Waals surface area (Å²) < 4.78 is 5.39. The molecule has 2 unspecified atom stereocenters. The van der Waals surface area contributed by atoms with Gasteiger partial charge in [0.25, 0.3) is 0 Å². The molecule has 0 amide bonds. The molecular weight excluding hydrogens is 226 g/mol. The summed E-state index contributed by atoms with van der Waals surface area (Å²) in [4.78, 5) is 5.06. The average molecular weight is 255 g/mol. The smallest absolute Gasteiger partial charge is 0.0594 e. The van der Waals surface area contributed by atoms with E-state index in [4.69, 9.17) is 10.5 Å². The van der Waals surface area contributed by atoms with Crippen LogP contribution >= 0.6 is 0 Å². The van der Waals surface area contributed by atoms with E-state index in [-0.39, 0.29) is 0 Å². The highest BCUT2D eigenvalue weighted by atomic mass is 16.5. The highest BCUT2D eigenvalue weighted by molar-refractivity contribution is 4.83. The summed E-state index contributed by atoms with van der Waals surface area (Å²) in [6.45, 7) is 7.19. The van der Waals surface area contributed by atoms with Crippen molar-refractivity contribution in [2.24, 2.45) is 11.7 Å². The van der Waals surface area contributed by atoms with E-state index in [1.807, 2.05) is 0 Å². The predicted octanol–water partition coefficient (Wildman–Crippen LogP) is 0.768. The van der Waals surface area contributed by atoms with Crippen LogP contribution in [-0.4, -0.2) is 68.8 Å². The van der Waals surface area contributed by atoms with Crippen LogP contribution < -0.4 is 5.73 Å². The number of likely N-dealkylation sites (N-methyl/N-ethyl adjacent to an activating group) is 1. The lowest BCUT2D eigenvalue weighted by Gasteiger charge is -2.38. The average Bonchev–Trinajstić information content (AvgIpc) is 2.45. The molecule has 4 nitrogen and oxygen atoms in total. The fourth-order valence-electron chi connectivity index (χ4n) is 3.33. The Hall–Kier alpha value is -0.160. The maximum atomic E-state index is 5.92. The summed E-state index contributed by atoms with van der Waals surface area (Å²) in [7, 11) is 2.28. The van der Waals surface area contributed by atoms with Gasteiger partial charge in [-0.1, -0.05) is 12.8 Å². The van der Waals surface area contributed by atoms with Crippen LogP contribution in [-0.2, 0) is 4.74 Å². The van der Waals surface area contributed by atoms with E-state index >= 15 is 0 Å². The largest absolute Gasteiger partial charge is 0.379 e. The van der Waals surface area contributed by atoms with Gasteiger partial charge >= 0.3 is 0 Å². The van der Waals surface area contributed by atoms with Crippen LogP contribution in [0.2, 0.25) is 0 Å².